The number of hydrogen-bond donors (Lipinski definition) is 1. The lowest BCUT2D eigenvalue weighted by Crippen LogP contribution is -2.31. The molecule has 178 valence electrons. The lowest BCUT2D eigenvalue weighted by molar-refractivity contribution is 0.0955. The van der Waals surface area contributed by atoms with Crippen LogP contribution in [0.25, 0.3) is 0 Å². The largest absolute Gasteiger partial charge is 0.463 e. The van der Waals surface area contributed by atoms with Crippen LogP contribution in [0, 0.1) is 6.92 Å². The van der Waals surface area contributed by atoms with Crippen LogP contribution in [-0.4, -0.2) is 20.5 Å². The summed E-state index contributed by atoms with van der Waals surface area (Å²) in [4.78, 5) is 12.5. The summed E-state index contributed by atoms with van der Waals surface area (Å²) in [6.07, 6.45) is 2.90. The SMILES string of the molecule is Cc1ccc(Cl)cc1N(Cc1ccc(C(=O)N/N=C\c2ccco2)cc1)S(=O)(=O)c1ccccc1. The van der Waals surface area contributed by atoms with E-state index in [4.69, 9.17) is 16.0 Å². The van der Waals surface area contributed by atoms with Gasteiger partial charge in [-0.15, -0.1) is 0 Å². The summed E-state index contributed by atoms with van der Waals surface area (Å²) in [6, 6.07) is 23.4. The third kappa shape index (κ3) is 5.79. The molecule has 0 unspecified atom stereocenters. The molecular weight excluding hydrogens is 486 g/mol. The predicted molar refractivity (Wildman–Crippen MR) is 136 cm³/mol. The quantitative estimate of drug-likeness (QED) is 0.255. The van der Waals surface area contributed by atoms with Crippen LogP contribution >= 0.6 is 11.6 Å². The first kappa shape index (κ1) is 24.3. The minimum Gasteiger partial charge on any atom is -0.463 e. The van der Waals surface area contributed by atoms with Gasteiger partial charge in [-0.2, -0.15) is 5.10 Å². The minimum atomic E-state index is -3.88. The van der Waals surface area contributed by atoms with Gasteiger partial charge in [0, 0.05) is 10.6 Å². The zero-order valence-electron chi connectivity index (χ0n) is 18.8. The van der Waals surface area contributed by atoms with Gasteiger partial charge >= 0.3 is 0 Å². The van der Waals surface area contributed by atoms with E-state index in [2.05, 4.69) is 10.5 Å². The molecule has 0 aliphatic carbocycles. The molecule has 0 saturated heterocycles. The van der Waals surface area contributed by atoms with Crippen molar-refractivity contribution in [3.05, 3.63) is 119 Å². The first-order valence-electron chi connectivity index (χ1n) is 10.6. The van der Waals surface area contributed by atoms with Gasteiger partial charge in [0.05, 0.1) is 29.6 Å². The summed E-state index contributed by atoms with van der Waals surface area (Å²) in [7, 11) is -3.88. The number of rotatable bonds is 8. The second-order valence-corrected chi connectivity index (χ2v) is 9.97. The van der Waals surface area contributed by atoms with Crippen molar-refractivity contribution in [2.45, 2.75) is 18.4 Å². The molecule has 9 heteroatoms. The molecule has 1 amide bonds. The Labute approximate surface area is 208 Å². The number of carbonyl (C=O) groups is 1. The topological polar surface area (TPSA) is 92.0 Å². The van der Waals surface area contributed by atoms with Gasteiger partial charge in [0.2, 0.25) is 0 Å². The Morgan fingerprint density at radius 2 is 1.77 bits per heavy atom. The van der Waals surface area contributed by atoms with Crippen molar-refractivity contribution >= 4 is 39.4 Å². The lowest BCUT2D eigenvalue weighted by Gasteiger charge is -2.26. The Hall–Kier alpha value is -3.88. The number of benzene rings is 3. The number of furan rings is 1. The Morgan fingerprint density at radius 3 is 2.46 bits per heavy atom. The van der Waals surface area contributed by atoms with Crippen LogP contribution < -0.4 is 9.73 Å². The highest BCUT2D eigenvalue weighted by atomic mass is 35.5. The molecule has 1 N–H and O–H groups in total. The highest BCUT2D eigenvalue weighted by Crippen LogP contribution is 2.31. The molecule has 7 nitrogen and oxygen atoms in total. The van der Waals surface area contributed by atoms with Gasteiger partial charge in [0.25, 0.3) is 15.9 Å². The van der Waals surface area contributed by atoms with Crippen LogP contribution in [0.5, 0.6) is 0 Å². The maximum atomic E-state index is 13.6. The fourth-order valence-electron chi connectivity index (χ4n) is 3.38. The number of hydrogen-bond acceptors (Lipinski definition) is 5. The highest BCUT2D eigenvalue weighted by Gasteiger charge is 2.26. The number of anilines is 1. The fourth-order valence-corrected chi connectivity index (χ4v) is 5.08. The van der Waals surface area contributed by atoms with Gasteiger partial charge in [0.1, 0.15) is 5.76 Å². The van der Waals surface area contributed by atoms with Crippen molar-refractivity contribution in [3.63, 3.8) is 0 Å². The molecule has 0 spiro atoms. The standard InChI is InChI=1S/C26H22ClN3O4S/c1-19-9-14-22(27)16-25(19)30(35(32,33)24-7-3-2-4-8-24)18-20-10-12-21(13-11-20)26(31)29-28-17-23-6-5-15-34-23/h2-17H,18H2,1H3,(H,29,31)/b28-17-. The maximum Gasteiger partial charge on any atom is 0.271 e. The molecule has 0 aliphatic heterocycles. The summed E-state index contributed by atoms with van der Waals surface area (Å²) in [5, 5.41) is 4.30. The molecule has 0 saturated carbocycles. The van der Waals surface area contributed by atoms with Crippen molar-refractivity contribution in [1.29, 1.82) is 0 Å². The lowest BCUT2D eigenvalue weighted by atomic mass is 10.1. The number of halogens is 1. The van der Waals surface area contributed by atoms with Crippen LogP contribution in [0.1, 0.15) is 27.2 Å². The summed E-state index contributed by atoms with van der Waals surface area (Å²) in [6.45, 7) is 1.88. The summed E-state index contributed by atoms with van der Waals surface area (Å²) < 4.78 is 33.6. The summed E-state index contributed by atoms with van der Waals surface area (Å²) in [5.74, 6) is 0.107. The molecule has 0 aliphatic rings. The molecule has 1 heterocycles. The van der Waals surface area contributed by atoms with E-state index in [0.29, 0.717) is 27.6 Å². The zero-order chi connectivity index (χ0) is 24.8. The Morgan fingerprint density at radius 1 is 1.03 bits per heavy atom. The van der Waals surface area contributed by atoms with Crippen molar-refractivity contribution < 1.29 is 17.6 Å². The second kappa shape index (κ2) is 10.6. The normalized spacial score (nSPS) is 11.5. The number of aryl methyl sites for hydroxylation is 1. The molecule has 35 heavy (non-hydrogen) atoms. The Balaban J connectivity index is 1.59. The molecule has 4 aromatic rings. The van der Waals surface area contributed by atoms with Crippen molar-refractivity contribution in [1.82, 2.24) is 5.43 Å². The average molecular weight is 508 g/mol. The van der Waals surface area contributed by atoms with E-state index < -0.39 is 15.9 Å². The van der Waals surface area contributed by atoms with E-state index in [1.165, 1.54) is 16.8 Å². The first-order chi connectivity index (χ1) is 16.8. The third-order valence-electron chi connectivity index (χ3n) is 5.21. The van der Waals surface area contributed by atoms with Gasteiger partial charge in [-0.1, -0.05) is 48.0 Å². The van der Waals surface area contributed by atoms with Gasteiger partial charge in [-0.25, -0.2) is 13.8 Å². The van der Waals surface area contributed by atoms with E-state index >= 15 is 0 Å². The van der Waals surface area contributed by atoms with Crippen molar-refractivity contribution in [2.75, 3.05) is 4.31 Å². The molecular formula is C26H22ClN3O4S. The molecule has 0 atom stereocenters. The van der Waals surface area contributed by atoms with E-state index in [0.717, 1.165) is 5.56 Å². The van der Waals surface area contributed by atoms with Gasteiger partial charge in [-0.05, 0) is 66.6 Å². The number of nitrogens with one attached hydrogen (secondary N) is 1. The van der Waals surface area contributed by atoms with Crippen LogP contribution in [-0.2, 0) is 16.6 Å². The van der Waals surface area contributed by atoms with E-state index in [1.54, 1.807) is 84.9 Å². The summed E-state index contributed by atoms with van der Waals surface area (Å²) in [5.41, 5.74) is 4.75. The average Bonchev–Trinajstić information content (AvgIpc) is 3.38. The third-order valence-corrected chi connectivity index (χ3v) is 7.22. The van der Waals surface area contributed by atoms with Crippen LogP contribution in [0.4, 0.5) is 5.69 Å². The molecule has 0 fully saturated rings. The zero-order valence-corrected chi connectivity index (χ0v) is 20.3. The molecule has 0 bridgehead atoms. The van der Waals surface area contributed by atoms with E-state index in [9.17, 15) is 13.2 Å². The molecule has 3 aromatic carbocycles. The van der Waals surface area contributed by atoms with Crippen LogP contribution in [0.2, 0.25) is 5.02 Å². The van der Waals surface area contributed by atoms with Gasteiger partial charge < -0.3 is 4.42 Å². The Bertz CT molecular complexity index is 1440. The fraction of sp³-hybridized carbons (Fsp3) is 0.0769. The maximum absolute atomic E-state index is 13.6. The molecule has 1 aromatic heterocycles. The Kier molecular flexibility index (Phi) is 7.33. The summed E-state index contributed by atoms with van der Waals surface area (Å²) >= 11 is 6.21. The van der Waals surface area contributed by atoms with Crippen molar-refractivity contribution in [2.24, 2.45) is 5.10 Å². The smallest absolute Gasteiger partial charge is 0.271 e. The predicted octanol–water partition coefficient (Wildman–Crippen LogP) is 5.40. The van der Waals surface area contributed by atoms with Gasteiger partial charge in [-0.3, -0.25) is 9.10 Å². The first-order valence-corrected chi connectivity index (χ1v) is 12.5. The number of carbonyl (C=O) groups excluding carboxylic acids is 1. The van der Waals surface area contributed by atoms with Crippen molar-refractivity contribution in [3.8, 4) is 0 Å². The van der Waals surface area contributed by atoms with E-state index in [1.807, 2.05) is 6.92 Å². The highest BCUT2D eigenvalue weighted by molar-refractivity contribution is 7.92. The number of hydrazone groups is 1. The minimum absolute atomic E-state index is 0.0525. The van der Waals surface area contributed by atoms with Crippen LogP contribution in [0.15, 0.2) is 106 Å². The number of sulfonamides is 1. The van der Waals surface area contributed by atoms with E-state index in [-0.39, 0.29) is 11.4 Å². The number of amides is 1. The molecule has 0 radical (unpaired) electrons. The molecule has 4 rings (SSSR count). The second-order valence-electron chi connectivity index (χ2n) is 7.67. The number of nitrogens with zero attached hydrogens (tertiary/aromatic N) is 2. The van der Waals surface area contributed by atoms with Crippen LogP contribution in [0.3, 0.4) is 0 Å². The van der Waals surface area contributed by atoms with Gasteiger partial charge in [0.15, 0.2) is 0 Å². The monoisotopic (exact) mass is 507 g/mol.